The Labute approximate surface area is 152 Å². The van der Waals surface area contributed by atoms with Crippen molar-refractivity contribution in [1.29, 1.82) is 0 Å². The molecule has 2 aromatic rings. The van der Waals surface area contributed by atoms with Gasteiger partial charge in [0.15, 0.2) is 0 Å². The Morgan fingerprint density at radius 3 is 2.75 bits per heavy atom. The number of halogens is 1. The van der Waals surface area contributed by atoms with E-state index < -0.39 is 0 Å². The third kappa shape index (κ3) is 3.70. The highest BCUT2D eigenvalue weighted by Gasteiger charge is 2.23. The first-order valence-electron chi connectivity index (χ1n) is 8.33. The van der Waals surface area contributed by atoms with Crippen LogP contribution < -0.4 is 0 Å². The summed E-state index contributed by atoms with van der Waals surface area (Å²) in [7, 11) is 2.04. The van der Waals surface area contributed by atoms with Gasteiger partial charge in [-0.3, -0.25) is 0 Å². The molecule has 0 amide bonds. The van der Waals surface area contributed by atoms with Gasteiger partial charge in [0.05, 0.1) is 18.6 Å². The van der Waals surface area contributed by atoms with E-state index in [1.54, 1.807) is 0 Å². The molecule has 0 saturated heterocycles. The first kappa shape index (κ1) is 17.2. The standard InChI is InChI=1S/C20H23BrN2O/c1-4-23(3)13-22-19-12-16-9-10-24-20(18(16)11-14(19)2)15-5-7-17(21)8-6-15/h5-8,11-13,20H,4,9-10H2,1-3H3/b22-13+. The van der Waals surface area contributed by atoms with Gasteiger partial charge in [0, 0.05) is 18.1 Å². The van der Waals surface area contributed by atoms with Crippen molar-refractivity contribution in [2.75, 3.05) is 20.2 Å². The zero-order valence-corrected chi connectivity index (χ0v) is 16.0. The van der Waals surface area contributed by atoms with Gasteiger partial charge in [-0.15, -0.1) is 0 Å². The van der Waals surface area contributed by atoms with E-state index in [-0.39, 0.29) is 6.10 Å². The Morgan fingerprint density at radius 2 is 2.04 bits per heavy atom. The Kier molecular flexibility index (Phi) is 5.36. The number of hydrogen-bond acceptors (Lipinski definition) is 2. The molecular formula is C20H23BrN2O. The number of nitrogens with zero attached hydrogens (tertiary/aromatic N) is 2. The maximum Gasteiger partial charge on any atom is 0.108 e. The summed E-state index contributed by atoms with van der Waals surface area (Å²) in [5.41, 5.74) is 6.03. The molecule has 2 aromatic carbocycles. The summed E-state index contributed by atoms with van der Waals surface area (Å²) in [4.78, 5) is 6.72. The summed E-state index contributed by atoms with van der Waals surface area (Å²) in [6.45, 7) is 5.93. The molecule has 3 nitrogen and oxygen atoms in total. The minimum absolute atomic E-state index is 0.0110. The highest BCUT2D eigenvalue weighted by Crippen LogP contribution is 2.36. The van der Waals surface area contributed by atoms with Crippen LogP contribution in [-0.4, -0.2) is 31.4 Å². The second kappa shape index (κ2) is 7.49. The van der Waals surface area contributed by atoms with Gasteiger partial charge >= 0.3 is 0 Å². The molecule has 3 rings (SSSR count). The van der Waals surface area contributed by atoms with Crippen LogP contribution in [0.3, 0.4) is 0 Å². The summed E-state index contributed by atoms with van der Waals surface area (Å²) in [5, 5.41) is 0. The fourth-order valence-electron chi connectivity index (χ4n) is 2.89. The van der Waals surface area contributed by atoms with E-state index in [1.165, 1.54) is 22.3 Å². The molecule has 0 fully saturated rings. The second-order valence-electron chi connectivity index (χ2n) is 6.21. The fraction of sp³-hybridized carbons (Fsp3) is 0.350. The smallest absolute Gasteiger partial charge is 0.108 e. The minimum atomic E-state index is 0.0110. The van der Waals surface area contributed by atoms with Crippen LogP contribution in [0.4, 0.5) is 5.69 Å². The van der Waals surface area contributed by atoms with Crippen molar-refractivity contribution in [2.24, 2.45) is 4.99 Å². The fourth-order valence-corrected chi connectivity index (χ4v) is 3.16. The molecule has 0 aliphatic carbocycles. The van der Waals surface area contributed by atoms with Crippen molar-refractivity contribution in [3.05, 3.63) is 63.1 Å². The molecule has 0 N–H and O–H groups in total. The van der Waals surface area contributed by atoms with Gasteiger partial charge in [-0.2, -0.15) is 0 Å². The molecule has 1 aliphatic heterocycles. The van der Waals surface area contributed by atoms with Gasteiger partial charge < -0.3 is 9.64 Å². The van der Waals surface area contributed by atoms with Crippen molar-refractivity contribution in [3.63, 3.8) is 0 Å². The number of benzene rings is 2. The molecule has 0 spiro atoms. The van der Waals surface area contributed by atoms with Crippen molar-refractivity contribution in [3.8, 4) is 0 Å². The van der Waals surface area contributed by atoms with Gasteiger partial charge in [0.25, 0.3) is 0 Å². The van der Waals surface area contributed by atoms with E-state index in [2.05, 4.69) is 76.1 Å². The quantitative estimate of drug-likeness (QED) is 0.543. The number of fused-ring (bicyclic) bond motifs is 1. The molecule has 1 aliphatic rings. The van der Waals surface area contributed by atoms with Crippen LogP contribution in [0.2, 0.25) is 0 Å². The number of rotatable bonds is 4. The molecule has 0 bridgehead atoms. The van der Waals surface area contributed by atoms with Crippen LogP contribution in [0.1, 0.15) is 35.3 Å². The van der Waals surface area contributed by atoms with E-state index in [1.807, 2.05) is 13.4 Å². The average molecular weight is 387 g/mol. The highest BCUT2D eigenvalue weighted by atomic mass is 79.9. The molecule has 1 unspecified atom stereocenters. The largest absolute Gasteiger partial charge is 0.368 e. The predicted octanol–water partition coefficient (Wildman–Crippen LogP) is 5.03. The lowest BCUT2D eigenvalue weighted by atomic mass is 9.91. The van der Waals surface area contributed by atoms with E-state index in [0.29, 0.717) is 0 Å². The lowest BCUT2D eigenvalue weighted by molar-refractivity contribution is 0.0698. The summed E-state index contributed by atoms with van der Waals surface area (Å²) >= 11 is 3.50. The van der Waals surface area contributed by atoms with Crippen molar-refractivity contribution < 1.29 is 4.74 Å². The molecule has 0 saturated carbocycles. The third-order valence-corrected chi connectivity index (χ3v) is 4.99. The van der Waals surface area contributed by atoms with E-state index in [0.717, 1.165) is 29.7 Å². The maximum atomic E-state index is 6.08. The molecular weight excluding hydrogens is 364 g/mol. The Balaban J connectivity index is 1.95. The SMILES string of the molecule is CCN(C)/C=N/c1cc2c(cc1C)C(c1ccc(Br)cc1)OCC2. The number of aliphatic imine (C=N–C) groups is 1. The van der Waals surface area contributed by atoms with Gasteiger partial charge in [-0.05, 0) is 60.7 Å². The molecule has 24 heavy (non-hydrogen) atoms. The monoisotopic (exact) mass is 386 g/mol. The van der Waals surface area contributed by atoms with Crippen molar-refractivity contribution in [1.82, 2.24) is 4.90 Å². The molecule has 126 valence electrons. The van der Waals surface area contributed by atoms with Gasteiger partial charge in [-0.25, -0.2) is 4.99 Å². The van der Waals surface area contributed by atoms with Crippen molar-refractivity contribution in [2.45, 2.75) is 26.4 Å². The Bertz CT molecular complexity index is 740. The average Bonchev–Trinajstić information content (AvgIpc) is 2.60. The zero-order chi connectivity index (χ0) is 17.1. The lowest BCUT2D eigenvalue weighted by Crippen LogP contribution is -2.17. The summed E-state index contributed by atoms with van der Waals surface area (Å²) in [5.74, 6) is 0. The van der Waals surface area contributed by atoms with Gasteiger partial charge in [-0.1, -0.05) is 34.1 Å². The highest BCUT2D eigenvalue weighted by molar-refractivity contribution is 9.10. The predicted molar refractivity (Wildman–Crippen MR) is 103 cm³/mol. The molecule has 0 radical (unpaired) electrons. The molecule has 1 atom stereocenters. The summed E-state index contributed by atoms with van der Waals surface area (Å²) in [6.07, 6.45) is 2.85. The lowest BCUT2D eigenvalue weighted by Gasteiger charge is -2.27. The normalized spacial score (nSPS) is 17.1. The van der Waals surface area contributed by atoms with E-state index in [4.69, 9.17) is 4.74 Å². The maximum absolute atomic E-state index is 6.08. The van der Waals surface area contributed by atoms with Crippen LogP contribution in [0.5, 0.6) is 0 Å². The third-order valence-electron chi connectivity index (χ3n) is 4.46. The second-order valence-corrected chi connectivity index (χ2v) is 7.12. The molecule has 0 aromatic heterocycles. The first-order valence-corrected chi connectivity index (χ1v) is 9.12. The van der Waals surface area contributed by atoms with Crippen LogP contribution in [0, 0.1) is 6.92 Å². The minimum Gasteiger partial charge on any atom is -0.368 e. The van der Waals surface area contributed by atoms with Crippen LogP contribution >= 0.6 is 15.9 Å². The summed E-state index contributed by atoms with van der Waals surface area (Å²) in [6, 6.07) is 12.8. The van der Waals surface area contributed by atoms with Gasteiger partial charge in [0.2, 0.25) is 0 Å². The van der Waals surface area contributed by atoms with Crippen LogP contribution in [-0.2, 0) is 11.2 Å². The Hall–Kier alpha value is -1.65. The van der Waals surface area contributed by atoms with Gasteiger partial charge in [0.1, 0.15) is 6.10 Å². The van der Waals surface area contributed by atoms with Crippen LogP contribution in [0.25, 0.3) is 0 Å². The molecule has 1 heterocycles. The van der Waals surface area contributed by atoms with Crippen LogP contribution in [0.15, 0.2) is 45.9 Å². The number of hydrogen-bond donors (Lipinski definition) is 0. The topological polar surface area (TPSA) is 24.8 Å². The Morgan fingerprint density at radius 1 is 1.29 bits per heavy atom. The van der Waals surface area contributed by atoms with Crippen molar-refractivity contribution >= 4 is 28.0 Å². The zero-order valence-electron chi connectivity index (χ0n) is 14.4. The molecule has 4 heteroatoms. The first-order chi connectivity index (χ1) is 11.6. The number of aryl methyl sites for hydroxylation is 1. The number of ether oxygens (including phenoxy) is 1. The van der Waals surface area contributed by atoms with E-state index in [9.17, 15) is 0 Å². The summed E-state index contributed by atoms with van der Waals surface area (Å²) < 4.78 is 7.17. The van der Waals surface area contributed by atoms with E-state index >= 15 is 0 Å².